The molecule has 0 unspecified atom stereocenters. The van der Waals surface area contributed by atoms with E-state index in [0.717, 1.165) is 12.8 Å². The van der Waals surface area contributed by atoms with Crippen molar-refractivity contribution in [2.45, 2.75) is 19.4 Å². The molecule has 3 rings (SSSR count). The van der Waals surface area contributed by atoms with E-state index in [1.165, 1.54) is 17.3 Å². The Morgan fingerprint density at radius 1 is 1.38 bits per heavy atom. The number of methoxy groups -OCH3 is 1. The Morgan fingerprint density at radius 2 is 2.05 bits per heavy atom. The number of carbonyl (C=O) groups excluding carboxylic acids is 1. The number of carbonyl (C=O) groups is 1. The number of fused-ring (bicyclic) bond motifs is 1. The van der Waals surface area contributed by atoms with Gasteiger partial charge >= 0.3 is 0 Å². The second kappa shape index (κ2) is 6.00. The second-order valence-electron chi connectivity index (χ2n) is 5.30. The minimum absolute atomic E-state index is 0.0436. The predicted molar refractivity (Wildman–Crippen MR) is 80.8 cm³/mol. The Balaban J connectivity index is 1.82. The summed E-state index contributed by atoms with van der Waals surface area (Å²) in [4.78, 5) is 12.8. The molecule has 0 radical (unpaired) electrons. The molecule has 0 bridgehead atoms. The fourth-order valence-corrected chi connectivity index (χ4v) is 3.13. The van der Waals surface area contributed by atoms with Gasteiger partial charge in [-0.25, -0.2) is 0 Å². The topological polar surface area (TPSA) is 44.1 Å². The lowest BCUT2D eigenvalue weighted by Crippen LogP contribution is -2.21. The van der Waals surface area contributed by atoms with Gasteiger partial charge in [-0.15, -0.1) is 0 Å². The molecule has 0 fully saturated rings. The normalized spacial score (nSPS) is 14.4. The molecule has 1 aliphatic carbocycles. The highest BCUT2D eigenvalue weighted by Crippen LogP contribution is 2.30. The van der Waals surface area contributed by atoms with Crippen molar-refractivity contribution in [3.05, 3.63) is 52.3 Å². The molecule has 2 aromatic rings. The maximum absolute atomic E-state index is 12.8. The average Bonchev–Trinajstić information content (AvgIpc) is 3.08. The minimum Gasteiger partial charge on any atom is -0.383 e. The highest BCUT2D eigenvalue weighted by molar-refractivity contribution is 6.33. The molecular formula is C16H17ClN2O2. The van der Waals surface area contributed by atoms with Crippen LogP contribution in [0.3, 0.4) is 0 Å². The first kappa shape index (κ1) is 14.3. The van der Waals surface area contributed by atoms with E-state index in [1.54, 1.807) is 11.8 Å². The van der Waals surface area contributed by atoms with Crippen molar-refractivity contribution in [1.82, 2.24) is 9.78 Å². The van der Waals surface area contributed by atoms with Crippen LogP contribution in [0.15, 0.2) is 30.5 Å². The zero-order valence-corrected chi connectivity index (χ0v) is 12.6. The molecule has 0 saturated heterocycles. The van der Waals surface area contributed by atoms with Gasteiger partial charge in [0.2, 0.25) is 0 Å². The molecule has 1 aromatic heterocycles. The van der Waals surface area contributed by atoms with Crippen molar-refractivity contribution in [2.24, 2.45) is 5.92 Å². The Labute approximate surface area is 128 Å². The lowest BCUT2D eigenvalue weighted by Gasteiger charge is -2.11. The zero-order chi connectivity index (χ0) is 14.8. The summed E-state index contributed by atoms with van der Waals surface area (Å²) in [7, 11) is 1.63. The summed E-state index contributed by atoms with van der Waals surface area (Å²) in [6.07, 6.45) is 3.09. The van der Waals surface area contributed by atoms with Crippen molar-refractivity contribution in [2.75, 3.05) is 13.7 Å². The van der Waals surface area contributed by atoms with Crippen LogP contribution in [-0.2, 0) is 24.1 Å². The summed E-state index contributed by atoms with van der Waals surface area (Å²) in [6.45, 7) is 1.03. The van der Waals surface area contributed by atoms with E-state index in [4.69, 9.17) is 16.3 Å². The second-order valence-corrected chi connectivity index (χ2v) is 5.70. The maximum Gasteiger partial charge on any atom is 0.186 e. The molecular weight excluding hydrogens is 288 g/mol. The molecule has 1 heterocycles. The Morgan fingerprint density at radius 3 is 2.67 bits per heavy atom. The van der Waals surface area contributed by atoms with Gasteiger partial charge in [0, 0.05) is 13.0 Å². The molecule has 1 aliphatic rings. The standard InChI is InChI=1S/C16H17ClN2O2/c1-21-7-6-19-15(14(17)10-18-19)16(20)13-8-11-4-2-3-5-12(11)9-13/h2-5,10,13H,6-9H2,1H3. The monoisotopic (exact) mass is 304 g/mol. The molecule has 0 amide bonds. The van der Waals surface area contributed by atoms with Crippen molar-refractivity contribution in [1.29, 1.82) is 0 Å². The van der Waals surface area contributed by atoms with Gasteiger partial charge < -0.3 is 4.74 Å². The number of hydrogen-bond acceptors (Lipinski definition) is 3. The predicted octanol–water partition coefficient (Wildman–Crippen LogP) is 2.78. The third-order valence-electron chi connectivity index (χ3n) is 3.96. The van der Waals surface area contributed by atoms with Crippen molar-refractivity contribution >= 4 is 17.4 Å². The molecule has 110 valence electrons. The summed E-state index contributed by atoms with van der Waals surface area (Å²) >= 11 is 6.16. The minimum atomic E-state index is -0.0436. The number of hydrogen-bond donors (Lipinski definition) is 0. The number of benzene rings is 1. The average molecular weight is 305 g/mol. The van der Waals surface area contributed by atoms with Crippen LogP contribution in [0.2, 0.25) is 5.02 Å². The quantitative estimate of drug-likeness (QED) is 0.798. The van der Waals surface area contributed by atoms with Crippen LogP contribution in [0.4, 0.5) is 0 Å². The molecule has 4 nitrogen and oxygen atoms in total. The highest BCUT2D eigenvalue weighted by Gasteiger charge is 2.31. The molecule has 0 aliphatic heterocycles. The lowest BCUT2D eigenvalue weighted by molar-refractivity contribution is 0.0910. The third-order valence-corrected chi connectivity index (χ3v) is 4.23. The fourth-order valence-electron chi connectivity index (χ4n) is 2.89. The first-order chi connectivity index (χ1) is 10.2. The van der Waals surface area contributed by atoms with Crippen LogP contribution in [0.1, 0.15) is 21.6 Å². The van der Waals surface area contributed by atoms with Gasteiger partial charge in [0.15, 0.2) is 5.78 Å². The smallest absolute Gasteiger partial charge is 0.186 e. The molecule has 5 heteroatoms. The number of ketones is 1. The van der Waals surface area contributed by atoms with E-state index in [2.05, 4.69) is 17.2 Å². The van der Waals surface area contributed by atoms with Crippen LogP contribution < -0.4 is 0 Å². The van der Waals surface area contributed by atoms with Crippen LogP contribution in [-0.4, -0.2) is 29.3 Å². The molecule has 0 atom stereocenters. The number of nitrogens with zero attached hydrogens (tertiary/aromatic N) is 2. The van der Waals surface area contributed by atoms with Crippen LogP contribution in [0, 0.1) is 5.92 Å². The van der Waals surface area contributed by atoms with Crippen molar-refractivity contribution in [3.8, 4) is 0 Å². The van der Waals surface area contributed by atoms with Crippen LogP contribution in [0.5, 0.6) is 0 Å². The Hall–Kier alpha value is -1.65. The van der Waals surface area contributed by atoms with Gasteiger partial charge in [0.25, 0.3) is 0 Å². The van der Waals surface area contributed by atoms with Gasteiger partial charge in [0.05, 0.1) is 24.4 Å². The molecule has 21 heavy (non-hydrogen) atoms. The highest BCUT2D eigenvalue weighted by atomic mass is 35.5. The molecule has 1 aromatic carbocycles. The number of halogens is 1. The van der Waals surface area contributed by atoms with E-state index in [0.29, 0.717) is 23.9 Å². The summed E-state index contributed by atoms with van der Waals surface area (Å²) in [5.74, 6) is 0.0303. The van der Waals surface area contributed by atoms with Gasteiger partial charge in [-0.2, -0.15) is 5.10 Å². The zero-order valence-electron chi connectivity index (χ0n) is 11.9. The van der Waals surface area contributed by atoms with Gasteiger partial charge in [-0.3, -0.25) is 9.48 Å². The van der Waals surface area contributed by atoms with Gasteiger partial charge in [-0.1, -0.05) is 35.9 Å². The molecule has 0 N–H and O–H groups in total. The first-order valence-corrected chi connectivity index (χ1v) is 7.39. The maximum atomic E-state index is 12.8. The van der Waals surface area contributed by atoms with Crippen molar-refractivity contribution < 1.29 is 9.53 Å². The van der Waals surface area contributed by atoms with Crippen LogP contribution >= 0.6 is 11.6 Å². The van der Waals surface area contributed by atoms with Crippen molar-refractivity contribution in [3.63, 3.8) is 0 Å². The van der Waals surface area contributed by atoms with E-state index in [1.807, 2.05) is 12.1 Å². The third kappa shape index (κ3) is 2.74. The number of Topliss-reactive ketones (excluding diaryl/α,β-unsaturated/α-hetero) is 1. The summed E-state index contributed by atoms with van der Waals surface area (Å²) < 4.78 is 6.70. The fraction of sp³-hybridized carbons (Fsp3) is 0.375. The van der Waals surface area contributed by atoms with E-state index < -0.39 is 0 Å². The van der Waals surface area contributed by atoms with Crippen LogP contribution in [0.25, 0.3) is 0 Å². The first-order valence-electron chi connectivity index (χ1n) is 7.02. The summed E-state index contributed by atoms with van der Waals surface area (Å²) in [5.41, 5.74) is 3.02. The molecule has 0 spiro atoms. The Bertz CT molecular complexity index is 641. The van der Waals surface area contributed by atoms with E-state index in [9.17, 15) is 4.79 Å². The number of aromatic nitrogens is 2. The Kier molecular flexibility index (Phi) is 4.08. The molecule has 0 saturated carbocycles. The van der Waals surface area contributed by atoms with Gasteiger partial charge in [0.1, 0.15) is 5.69 Å². The number of rotatable bonds is 5. The van der Waals surface area contributed by atoms with E-state index >= 15 is 0 Å². The largest absolute Gasteiger partial charge is 0.383 e. The SMILES string of the molecule is COCCn1ncc(Cl)c1C(=O)C1Cc2ccccc2C1. The van der Waals surface area contributed by atoms with E-state index in [-0.39, 0.29) is 11.7 Å². The summed E-state index contributed by atoms with van der Waals surface area (Å²) in [5, 5.41) is 4.60. The van der Waals surface area contributed by atoms with Gasteiger partial charge in [-0.05, 0) is 24.0 Å². The lowest BCUT2D eigenvalue weighted by atomic mass is 9.98. The number of ether oxygens (including phenoxy) is 1. The summed E-state index contributed by atoms with van der Waals surface area (Å²) in [6, 6.07) is 8.21.